The number of nitrogens with zero attached hydrogens (tertiary/aromatic N) is 6. The maximum absolute atomic E-state index is 12.3. The third-order valence-electron chi connectivity index (χ3n) is 4.81. The van der Waals surface area contributed by atoms with E-state index in [-0.39, 0.29) is 6.04 Å². The molecule has 0 aromatic carbocycles. The monoisotopic (exact) mass is 410 g/mol. The molecule has 3 heterocycles. The third-order valence-corrected chi connectivity index (χ3v) is 5.43. The molecule has 0 N–H and O–H groups in total. The summed E-state index contributed by atoms with van der Waals surface area (Å²) in [6.07, 6.45) is 7.21. The summed E-state index contributed by atoms with van der Waals surface area (Å²) in [5.74, 6) is 1.59. The van der Waals surface area contributed by atoms with Gasteiger partial charge in [-0.05, 0) is 19.1 Å². The molecule has 0 saturated carbocycles. The lowest BCUT2D eigenvalue weighted by molar-refractivity contribution is 0.0985. The maximum atomic E-state index is 12.3. The van der Waals surface area contributed by atoms with Crippen molar-refractivity contribution in [1.82, 2.24) is 15.0 Å². The normalized spacial score (nSPS) is 18.8. The Morgan fingerprint density at radius 2 is 2.21 bits per heavy atom. The van der Waals surface area contributed by atoms with E-state index < -0.39 is 9.73 Å². The van der Waals surface area contributed by atoms with Crippen molar-refractivity contribution < 1.29 is 8.95 Å². The maximum Gasteiger partial charge on any atom is 0.167 e. The van der Waals surface area contributed by atoms with Gasteiger partial charge in [-0.25, -0.2) is 14.2 Å². The van der Waals surface area contributed by atoms with Crippen LogP contribution in [-0.4, -0.2) is 57.5 Å². The van der Waals surface area contributed by atoms with Gasteiger partial charge in [0.15, 0.2) is 11.6 Å². The molecule has 1 fully saturated rings. The molecule has 9 heteroatoms. The highest BCUT2D eigenvalue weighted by Crippen LogP contribution is 2.33. The number of allylic oxidation sites excluding steroid dienone is 1. The highest BCUT2D eigenvalue weighted by atomic mass is 32.2. The average molecular weight is 411 g/mol. The van der Waals surface area contributed by atoms with Crippen molar-refractivity contribution in [2.45, 2.75) is 19.4 Å². The van der Waals surface area contributed by atoms with Crippen molar-refractivity contribution >= 4 is 27.4 Å². The van der Waals surface area contributed by atoms with Crippen LogP contribution in [0, 0.1) is 11.3 Å². The Morgan fingerprint density at radius 3 is 2.93 bits per heavy atom. The first-order chi connectivity index (χ1) is 13.8. The van der Waals surface area contributed by atoms with Crippen LogP contribution in [0.4, 0.5) is 11.6 Å². The zero-order chi connectivity index (χ0) is 20.6. The van der Waals surface area contributed by atoms with E-state index in [1.54, 1.807) is 24.8 Å². The predicted molar refractivity (Wildman–Crippen MR) is 112 cm³/mol. The van der Waals surface area contributed by atoms with Gasteiger partial charge in [-0.2, -0.15) is 9.62 Å². The molecule has 1 atom stereocenters. The number of ether oxygens (including phenoxy) is 1. The van der Waals surface area contributed by atoms with Gasteiger partial charge < -0.3 is 9.64 Å². The third kappa shape index (κ3) is 4.13. The predicted octanol–water partition coefficient (Wildman–Crippen LogP) is 2.59. The Morgan fingerprint density at radius 1 is 1.38 bits per heavy atom. The van der Waals surface area contributed by atoms with Crippen LogP contribution in [0.1, 0.15) is 18.2 Å². The summed E-state index contributed by atoms with van der Waals surface area (Å²) in [7, 11) is -2.39. The highest BCUT2D eigenvalue weighted by Gasteiger charge is 2.24. The molecule has 0 radical (unpaired) electrons. The first-order valence-electron chi connectivity index (χ1n) is 9.33. The first kappa shape index (κ1) is 19.5. The number of rotatable bonds is 3. The first-order valence-corrected chi connectivity index (χ1v) is 11.7. The van der Waals surface area contributed by atoms with Gasteiger partial charge in [0, 0.05) is 64.2 Å². The second-order valence-electron chi connectivity index (χ2n) is 7.47. The summed E-state index contributed by atoms with van der Waals surface area (Å²) in [5, 5.41) is 9.27. The summed E-state index contributed by atoms with van der Waals surface area (Å²) in [6, 6.07) is 5.97. The van der Waals surface area contributed by atoms with Gasteiger partial charge in [0.1, 0.15) is 5.82 Å². The molecule has 2 aliphatic rings. The number of hydrogen-bond acceptors (Lipinski definition) is 8. The molecule has 4 rings (SSSR count). The van der Waals surface area contributed by atoms with Crippen LogP contribution in [0.15, 0.2) is 28.3 Å². The molecular formula is C20H22N6O2S. The molecule has 150 valence electrons. The second kappa shape index (κ2) is 7.54. The van der Waals surface area contributed by atoms with Crippen molar-refractivity contribution in [2.24, 2.45) is 4.36 Å². The van der Waals surface area contributed by atoms with Crippen LogP contribution < -0.4 is 4.90 Å². The van der Waals surface area contributed by atoms with E-state index in [1.807, 2.05) is 12.1 Å². The summed E-state index contributed by atoms with van der Waals surface area (Å²) in [5.41, 5.74) is 3.14. The van der Waals surface area contributed by atoms with Gasteiger partial charge >= 0.3 is 0 Å². The lowest BCUT2D eigenvalue weighted by Crippen LogP contribution is -2.44. The molecule has 0 amide bonds. The van der Waals surface area contributed by atoms with E-state index in [1.165, 1.54) is 0 Å². The van der Waals surface area contributed by atoms with Crippen molar-refractivity contribution in [3.05, 3.63) is 35.2 Å². The number of anilines is 1. The molecule has 0 bridgehead atoms. The van der Waals surface area contributed by atoms with E-state index >= 15 is 0 Å². The molecule has 0 unspecified atom stereocenters. The highest BCUT2D eigenvalue weighted by molar-refractivity contribution is 7.92. The Kier molecular flexibility index (Phi) is 5.06. The lowest BCUT2D eigenvalue weighted by atomic mass is 10.1. The molecule has 2 aromatic rings. The van der Waals surface area contributed by atoms with Gasteiger partial charge in [-0.15, -0.1) is 0 Å². The van der Waals surface area contributed by atoms with E-state index in [0.29, 0.717) is 43.4 Å². The van der Waals surface area contributed by atoms with Crippen molar-refractivity contribution in [2.75, 3.05) is 37.2 Å². The molecule has 1 saturated heterocycles. The zero-order valence-corrected chi connectivity index (χ0v) is 17.4. The quantitative estimate of drug-likeness (QED) is 0.766. The number of fused-ring (bicyclic) bond motifs is 1. The van der Waals surface area contributed by atoms with E-state index in [9.17, 15) is 9.47 Å². The zero-order valence-electron chi connectivity index (χ0n) is 16.6. The van der Waals surface area contributed by atoms with Crippen LogP contribution in [0.5, 0.6) is 0 Å². The van der Waals surface area contributed by atoms with Gasteiger partial charge in [-0.1, -0.05) is 0 Å². The second-order valence-corrected chi connectivity index (χ2v) is 10.0. The minimum atomic E-state index is -2.39. The van der Waals surface area contributed by atoms with Crippen LogP contribution in [0.2, 0.25) is 0 Å². The van der Waals surface area contributed by atoms with Gasteiger partial charge in [0.2, 0.25) is 0 Å². The fourth-order valence-electron chi connectivity index (χ4n) is 3.52. The molecule has 2 aromatic heterocycles. The van der Waals surface area contributed by atoms with E-state index in [2.05, 4.69) is 32.2 Å². The summed E-state index contributed by atoms with van der Waals surface area (Å²) in [4.78, 5) is 15.9. The van der Waals surface area contributed by atoms with Crippen molar-refractivity contribution in [3.63, 3.8) is 0 Å². The smallest absolute Gasteiger partial charge is 0.167 e. The van der Waals surface area contributed by atoms with Crippen LogP contribution in [0.3, 0.4) is 0 Å². The molecule has 29 heavy (non-hydrogen) atoms. The average Bonchev–Trinajstić information content (AvgIpc) is 3.10. The Balaban J connectivity index is 1.89. The van der Waals surface area contributed by atoms with Gasteiger partial charge in [0.25, 0.3) is 0 Å². The summed E-state index contributed by atoms with van der Waals surface area (Å²) >= 11 is 0. The number of aromatic nitrogens is 3. The Hall–Kier alpha value is -2.83. The Labute approximate surface area is 170 Å². The van der Waals surface area contributed by atoms with Crippen molar-refractivity contribution in [1.29, 1.82) is 5.26 Å². The molecule has 1 aliphatic heterocycles. The Bertz CT molecular complexity index is 1150. The van der Waals surface area contributed by atoms with Gasteiger partial charge in [-0.3, -0.25) is 4.98 Å². The number of nitriles is 1. The molecular weight excluding hydrogens is 388 g/mol. The minimum Gasteiger partial charge on any atom is -0.377 e. The van der Waals surface area contributed by atoms with E-state index in [0.717, 1.165) is 22.6 Å². The number of hydrogen-bond donors (Lipinski definition) is 0. The largest absolute Gasteiger partial charge is 0.377 e. The SMILES string of the molecule is C[C@@H]1COCCN1c1cc(N=S(C)(C)=O)nc(-c2ccnc3c2C=C(C#N)C3)n1. The van der Waals surface area contributed by atoms with Gasteiger partial charge in [0.05, 0.1) is 31.0 Å². The fraction of sp³-hybridized carbons (Fsp3) is 0.400. The minimum absolute atomic E-state index is 0.153. The van der Waals surface area contributed by atoms with Crippen molar-refractivity contribution in [3.8, 4) is 17.5 Å². The number of pyridine rings is 1. The fourth-order valence-corrected chi connectivity index (χ4v) is 4.06. The summed E-state index contributed by atoms with van der Waals surface area (Å²) < 4.78 is 22.2. The molecule has 1 aliphatic carbocycles. The summed E-state index contributed by atoms with van der Waals surface area (Å²) in [6.45, 7) is 4.01. The standard InChI is InChI=1S/C20H22N6O2S/c1-13-12-28-7-6-26(13)19-10-18(25-29(2,3)27)23-20(24-19)15-4-5-22-17-9-14(11-21)8-16(15)17/h4-5,8,10,13H,6-7,9,12H2,1-3H3/t13-/m1/s1. The molecule has 0 spiro atoms. The number of morpholine rings is 1. The van der Waals surface area contributed by atoms with E-state index in [4.69, 9.17) is 9.72 Å². The van der Waals surface area contributed by atoms with Crippen LogP contribution in [0.25, 0.3) is 17.5 Å². The van der Waals surface area contributed by atoms with Crippen LogP contribution in [-0.2, 0) is 20.9 Å². The van der Waals surface area contributed by atoms with Crippen LogP contribution >= 0.6 is 0 Å². The topological polar surface area (TPSA) is 104 Å². The molecule has 8 nitrogen and oxygen atoms in total. The lowest BCUT2D eigenvalue weighted by Gasteiger charge is -2.34.